The van der Waals surface area contributed by atoms with Crippen molar-refractivity contribution in [2.75, 3.05) is 36.9 Å². The van der Waals surface area contributed by atoms with Crippen LogP contribution in [0, 0.1) is 0 Å². The van der Waals surface area contributed by atoms with Crippen molar-refractivity contribution in [3.8, 4) is 0 Å². The highest BCUT2D eigenvalue weighted by atomic mass is 16.2. The third kappa shape index (κ3) is 4.31. The third-order valence-electron chi connectivity index (χ3n) is 6.53. The fourth-order valence-electron chi connectivity index (χ4n) is 4.81. The molecule has 2 aliphatic rings. The van der Waals surface area contributed by atoms with E-state index < -0.39 is 0 Å². The molecule has 1 atom stereocenters. The summed E-state index contributed by atoms with van der Waals surface area (Å²) < 4.78 is 0. The van der Waals surface area contributed by atoms with Gasteiger partial charge < -0.3 is 15.1 Å². The molecule has 32 heavy (non-hydrogen) atoms. The van der Waals surface area contributed by atoms with Crippen LogP contribution >= 0.6 is 0 Å². The van der Waals surface area contributed by atoms with Crippen LogP contribution in [0.4, 0.5) is 17.2 Å². The van der Waals surface area contributed by atoms with Gasteiger partial charge in [-0.25, -0.2) is 4.98 Å². The van der Waals surface area contributed by atoms with Crippen LogP contribution in [-0.4, -0.2) is 47.5 Å². The number of nitrogens with one attached hydrogen (secondary N) is 1. The van der Waals surface area contributed by atoms with Gasteiger partial charge in [0.25, 0.3) is 5.91 Å². The second kappa shape index (κ2) is 8.99. The van der Waals surface area contributed by atoms with Gasteiger partial charge in [0, 0.05) is 55.7 Å². The van der Waals surface area contributed by atoms with Gasteiger partial charge in [-0.3, -0.25) is 9.78 Å². The summed E-state index contributed by atoms with van der Waals surface area (Å²) in [6.07, 6.45) is 7.86. The molecule has 4 heterocycles. The van der Waals surface area contributed by atoms with Crippen molar-refractivity contribution in [3.63, 3.8) is 0 Å². The average molecular weight is 428 g/mol. The van der Waals surface area contributed by atoms with Crippen LogP contribution in [-0.2, 0) is 6.42 Å². The number of hydrogen-bond donors (Lipinski definition) is 1. The quantitative estimate of drug-likeness (QED) is 0.658. The monoisotopic (exact) mass is 427 g/mol. The van der Waals surface area contributed by atoms with Gasteiger partial charge in [-0.15, -0.1) is 0 Å². The first-order valence-electron chi connectivity index (χ1n) is 11.4. The Kier molecular flexibility index (Phi) is 5.75. The average Bonchev–Trinajstić information content (AvgIpc) is 2.85. The Balaban J connectivity index is 1.26. The van der Waals surface area contributed by atoms with Gasteiger partial charge in [0.05, 0.1) is 11.9 Å². The van der Waals surface area contributed by atoms with E-state index >= 15 is 0 Å². The number of aromatic nitrogens is 2. The Hall–Kier alpha value is -3.41. The van der Waals surface area contributed by atoms with Gasteiger partial charge in [-0.05, 0) is 73.7 Å². The fraction of sp³-hybridized carbons (Fsp3) is 0.346. The Labute approximate surface area is 189 Å². The normalized spacial score (nSPS) is 18.2. The van der Waals surface area contributed by atoms with Crippen molar-refractivity contribution < 1.29 is 4.79 Å². The summed E-state index contributed by atoms with van der Waals surface area (Å²) in [6, 6.07) is 16.1. The lowest BCUT2D eigenvalue weighted by Gasteiger charge is -2.33. The largest absolute Gasteiger partial charge is 0.374 e. The zero-order valence-electron chi connectivity index (χ0n) is 18.5. The van der Waals surface area contributed by atoms with Crippen molar-refractivity contribution in [2.24, 2.45) is 0 Å². The minimum atomic E-state index is 0.138. The second-order valence-corrected chi connectivity index (χ2v) is 8.77. The molecule has 2 aliphatic heterocycles. The predicted molar refractivity (Wildman–Crippen MR) is 128 cm³/mol. The zero-order valence-corrected chi connectivity index (χ0v) is 18.5. The SMILES string of the molecule is CN1CCCc2cc(C(=O)N3CCC[C@H](c4ccc(Nc5ccccn5)cn4)C3)ccc21. The number of fused-ring (bicyclic) bond motifs is 1. The van der Waals surface area contributed by atoms with Crippen LogP contribution in [0.1, 0.15) is 46.8 Å². The molecule has 0 spiro atoms. The summed E-state index contributed by atoms with van der Waals surface area (Å²) in [5.41, 5.74) is 5.31. The lowest BCUT2D eigenvalue weighted by atomic mass is 9.93. The van der Waals surface area contributed by atoms with Gasteiger partial charge in [0.2, 0.25) is 0 Å². The number of carbonyl (C=O) groups is 1. The minimum Gasteiger partial charge on any atom is -0.374 e. The highest BCUT2D eigenvalue weighted by Gasteiger charge is 2.27. The molecule has 6 nitrogen and oxygen atoms in total. The summed E-state index contributed by atoms with van der Waals surface area (Å²) in [5, 5.41) is 3.27. The summed E-state index contributed by atoms with van der Waals surface area (Å²) >= 11 is 0. The number of likely N-dealkylation sites (tertiary alicyclic amines) is 1. The second-order valence-electron chi connectivity index (χ2n) is 8.77. The molecule has 1 N–H and O–H groups in total. The maximum absolute atomic E-state index is 13.3. The smallest absolute Gasteiger partial charge is 0.253 e. The molecular weight excluding hydrogens is 398 g/mol. The van der Waals surface area contributed by atoms with Crippen LogP contribution in [0.3, 0.4) is 0 Å². The van der Waals surface area contributed by atoms with Gasteiger partial charge in [-0.1, -0.05) is 6.07 Å². The minimum absolute atomic E-state index is 0.138. The maximum Gasteiger partial charge on any atom is 0.253 e. The molecule has 1 amide bonds. The molecule has 164 valence electrons. The van der Waals surface area contributed by atoms with Crippen LogP contribution < -0.4 is 10.2 Å². The maximum atomic E-state index is 13.3. The van der Waals surface area contributed by atoms with Crippen molar-refractivity contribution in [2.45, 2.75) is 31.6 Å². The summed E-state index contributed by atoms with van der Waals surface area (Å²) in [7, 11) is 2.12. The van der Waals surface area contributed by atoms with E-state index in [9.17, 15) is 4.79 Å². The van der Waals surface area contributed by atoms with Crippen molar-refractivity contribution >= 4 is 23.1 Å². The lowest BCUT2D eigenvalue weighted by molar-refractivity contribution is 0.0706. The Morgan fingerprint density at radius 1 is 1.06 bits per heavy atom. The van der Waals surface area contributed by atoms with Crippen molar-refractivity contribution in [3.05, 3.63) is 77.7 Å². The van der Waals surface area contributed by atoms with E-state index in [1.165, 1.54) is 11.3 Å². The van der Waals surface area contributed by atoms with E-state index in [1.54, 1.807) is 6.20 Å². The van der Waals surface area contributed by atoms with Crippen LogP contribution in [0.15, 0.2) is 60.9 Å². The topological polar surface area (TPSA) is 61.4 Å². The molecule has 5 rings (SSSR count). The van der Waals surface area contributed by atoms with Crippen molar-refractivity contribution in [1.82, 2.24) is 14.9 Å². The molecule has 0 bridgehead atoms. The molecule has 3 aromatic rings. The van der Waals surface area contributed by atoms with E-state index in [0.29, 0.717) is 0 Å². The van der Waals surface area contributed by atoms with E-state index in [0.717, 1.165) is 68.1 Å². The van der Waals surface area contributed by atoms with E-state index in [-0.39, 0.29) is 11.8 Å². The summed E-state index contributed by atoms with van der Waals surface area (Å²) in [6.45, 7) is 2.61. The van der Waals surface area contributed by atoms with Crippen LogP contribution in [0.2, 0.25) is 0 Å². The fourth-order valence-corrected chi connectivity index (χ4v) is 4.81. The van der Waals surface area contributed by atoms with Gasteiger partial charge >= 0.3 is 0 Å². The van der Waals surface area contributed by atoms with Crippen LogP contribution in [0.25, 0.3) is 0 Å². The van der Waals surface area contributed by atoms with Crippen LogP contribution in [0.5, 0.6) is 0 Å². The Bertz CT molecular complexity index is 1080. The highest BCUT2D eigenvalue weighted by Crippen LogP contribution is 2.30. The predicted octanol–water partition coefficient (Wildman–Crippen LogP) is 4.62. The van der Waals surface area contributed by atoms with E-state index in [4.69, 9.17) is 4.98 Å². The van der Waals surface area contributed by atoms with Gasteiger partial charge in [0.1, 0.15) is 5.82 Å². The van der Waals surface area contributed by atoms with Gasteiger partial charge in [0.15, 0.2) is 0 Å². The number of benzene rings is 1. The first-order chi connectivity index (χ1) is 15.7. The van der Waals surface area contributed by atoms with Crippen molar-refractivity contribution in [1.29, 1.82) is 0 Å². The molecule has 6 heteroatoms. The molecule has 0 unspecified atom stereocenters. The number of pyridine rings is 2. The number of nitrogens with zero attached hydrogens (tertiary/aromatic N) is 4. The number of piperidine rings is 1. The molecule has 0 saturated carbocycles. The first-order valence-corrected chi connectivity index (χ1v) is 11.4. The first kappa shape index (κ1) is 20.5. The number of carbonyl (C=O) groups excluding carboxylic acids is 1. The summed E-state index contributed by atoms with van der Waals surface area (Å²) in [5.74, 6) is 1.20. The van der Waals surface area contributed by atoms with Gasteiger partial charge in [-0.2, -0.15) is 0 Å². The molecule has 0 aliphatic carbocycles. The zero-order chi connectivity index (χ0) is 21.9. The summed E-state index contributed by atoms with van der Waals surface area (Å²) in [4.78, 5) is 26.5. The Morgan fingerprint density at radius 2 is 2.00 bits per heavy atom. The van der Waals surface area contributed by atoms with E-state index in [2.05, 4.69) is 40.4 Å². The lowest BCUT2D eigenvalue weighted by Crippen LogP contribution is -2.39. The highest BCUT2D eigenvalue weighted by molar-refractivity contribution is 5.95. The molecule has 1 fully saturated rings. The number of aryl methyl sites for hydroxylation is 1. The molecule has 2 aromatic heterocycles. The molecule has 1 saturated heterocycles. The molecule has 1 aromatic carbocycles. The number of amides is 1. The Morgan fingerprint density at radius 3 is 2.81 bits per heavy atom. The number of hydrogen-bond acceptors (Lipinski definition) is 5. The van der Waals surface area contributed by atoms with E-state index in [1.807, 2.05) is 41.4 Å². The molecular formula is C26H29N5O. The molecule has 0 radical (unpaired) electrons. The number of anilines is 3. The third-order valence-corrected chi connectivity index (χ3v) is 6.53. The number of rotatable bonds is 4. The standard InChI is InChI=1S/C26H29N5O/c1-30-14-4-6-19-16-20(9-12-24(19)30)26(32)31-15-5-7-21(18-31)23-11-10-22(17-28-23)29-25-8-2-3-13-27-25/h2-3,8-13,16-17,21H,4-7,14-15,18H2,1H3,(H,27,29)/t21-/m0/s1.